The van der Waals surface area contributed by atoms with Gasteiger partial charge in [-0.05, 0) is 29.2 Å². The van der Waals surface area contributed by atoms with E-state index in [1.807, 2.05) is 0 Å². The van der Waals surface area contributed by atoms with Crippen LogP contribution in [0.15, 0.2) is 5.16 Å². The average molecular weight is 214 g/mol. The molecule has 0 bridgehead atoms. The van der Waals surface area contributed by atoms with Crippen LogP contribution in [0, 0.1) is 5.92 Å². The first-order chi connectivity index (χ1) is 6.75. The first kappa shape index (κ1) is 9.45. The molecule has 0 saturated heterocycles. The summed E-state index contributed by atoms with van der Waals surface area (Å²) in [6, 6.07) is 0. The molecule has 1 heterocycles. The third-order valence-electron chi connectivity index (χ3n) is 1.95. The van der Waals surface area contributed by atoms with Gasteiger partial charge in [0.15, 0.2) is 0 Å². The van der Waals surface area contributed by atoms with E-state index < -0.39 is 5.97 Å². The molecule has 6 nitrogen and oxygen atoms in total. The number of hydrogen-bond donors (Lipinski definition) is 1. The summed E-state index contributed by atoms with van der Waals surface area (Å²) in [4.78, 5) is 10.3. The molecule has 0 atom stereocenters. The zero-order chi connectivity index (χ0) is 9.97. The molecule has 76 valence electrons. The second-order valence-corrected chi connectivity index (χ2v) is 4.21. The van der Waals surface area contributed by atoms with Crippen LogP contribution in [0.3, 0.4) is 0 Å². The fourth-order valence-corrected chi connectivity index (χ4v) is 1.69. The third kappa shape index (κ3) is 2.44. The molecule has 14 heavy (non-hydrogen) atoms. The van der Waals surface area contributed by atoms with Crippen LogP contribution < -0.4 is 0 Å². The van der Waals surface area contributed by atoms with Crippen LogP contribution in [-0.4, -0.2) is 37.0 Å². The molecule has 1 aromatic heterocycles. The minimum absolute atomic E-state index is 0.00500. The lowest BCUT2D eigenvalue weighted by molar-refractivity contribution is -0.133. The van der Waals surface area contributed by atoms with Crippen molar-refractivity contribution in [2.75, 3.05) is 5.75 Å². The van der Waals surface area contributed by atoms with Gasteiger partial charge >= 0.3 is 5.97 Å². The van der Waals surface area contributed by atoms with Crippen molar-refractivity contribution in [3.05, 3.63) is 0 Å². The van der Waals surface area contributed by atoms with Crippen molar-refractivity contribution in [3.8, 4) is 0 Å². The molecule has 0 amide bonds. The summed E-state index contributed by atoms with van der Waals surface area (Å²) in [5, 5.41) is 20.2. The molecule has 2 rings (SSSR count). The maximum atomic E-state index is 10.3. The Morgan fingerprint density at radius 3 is 3.07 bits per heavy atom. The number of aromatic nitrogens is 4. The molecule has 1 aromatic rings. The van der Waals surface area contributed by atoms with E-state index in [4.69, 9.17) is 5.11 Å². The van der Waals surface area contributed by atoms with Crippen molar-refractivity contribution < 1.29 is 9.90 Å². The number of tetrazole rings is 1. The highest BCUT2D eigenvalue weighted by molar-refractivity contribution is 7.99. The number of carboxylic acids is 1. The maximum absolute atomic E-state index is 10.3. The van der Waals surface area contributed by atoms with Crippen LogP contribution in [0.4, 0.5) is 0 Å². The number of hydrogen-bond acceptors (Lipinski definition) is 5. The topological polar surface area (TPSA) is 80.9 Å². The Labute approximate surface area is 84.7 Å². The summed E-state index contributed by atoms with van der Waals surface area (Å²) in [5.41, 5.74) is 0. The van der Waals surface area contributed by atoms with Gasteiger partial charge in [0.05, 0.1) is 5.75 Å². The van der Waals surface area contributed by atoms with E-state index in [0.717, 1.165) is 18.3 Å². The summed E-state index contributed by atoms with van der Waals surface area (Å²) < 4.78 is 1.69. The van der Waals surface area contributed by atoms with Gasteiger partial charge in [0.1, 0.15) is 0 Å². The van der Waals surface area contributed by atoms with Gasteiger partial charge in [-0.15, -0.1) is 5.10 Å². The molecule has 1 aliphatic carbocycles. The first-order valence-electron chi connectivity index (χ1n) is 4.36. The molecule has 0 spiro atoms. The van der Waals surface area contributed by atoms with E-state index in [-0.39, 0.29) is 5.75 Å². The van der Waals surface area contributed by atoms with E-state index in [9.17, 15) is 4.79 Å². The summed E-state index contributed by atoms with van der Waals surface area (Å²) in [6.45, 7) is 0.814. The lowest BCUT2D eigenvalue weighted by Gasteiger charge is -2.00. The van der Waals surface area contributed by atoms with Crippen LogP contribution in [0.5, 0.6) is 0 Å². The Hall–Kier alpha value is -1.11. The summed E-state index contributed by atoms with van der Waals surface area (Å²) >= 11 is 1.16. The van der Waals surface area contributed by atoms with Crippen molar-refractivity contribution in [1.82, 2.24) is 20.2 Å². The number of aliphatic carboxylic acids is 1. The number of rotatable bonds is 5. The van der Waals surface area contributed by atoms with E-state index in [2.05, 4.69) is 15.5 Å². The monoisotopic (exact) mass is 214 g/mol. The highest BCUT2D eigenvalue weighted by Gasteiger charge is 2.23. The molecule has 0 unspecified atom stereocenters. The second kappa shape index (κ2) is 3.95. The fourth-order valence-electron chi connectivity index (χ4n) is 1.09. The van der Waals surface area contributed by atoms with Gasteiger partial charge in [0.2, 0.25) is 5.16 Å². The van der Waals surface area contributed by atoms with Crippen molar-refractivity contribution >= 4 is 17.7 Å². The highest BCUT2D eigenvalue weighted by Crippen LogP contribution is 2.31. The zero-order valence-electron chi connectivity index (χ0n) is 7.46. The Bertz CT molecular complexity index is 336. The number of carboxylic acid groups (broad SMARTS) is 1. The normalized spacial score (nSPS) is 15.7. The molecule has 1 aliphatic rings. The third-order valence-corrected chi connectivity index (χ3v) is 2.89. The number of nitrogens with zero attached hydrogens (tertiary/aromatic N) is 4. The largest absolute Gasteiger partial charge is 0.481 e. The smallest absolute Gasteiger partial charge is 0.313 e. The van der Waals surface area contributed by atoms with E-state index in [1.165, 1.54) is 12.8 Å². The van der Waals surface area contributed by atoms with E-state index in [0.29, 0.717) is 11.1 Å². The van der Waals surface area contributed by atoms with Gasteiger partial charge in [-0.3, -0.25) is 4.79 Å². The molecule has 0 radical (unpaired) electrons. The Morgan fingerprint density at radius 1 is 1.64 bits per heavy atom. The summed E-state index contributed by atoms with van der Waals surface area (Å²) in [6.07, 6.45) is 2.45. The summed E-state index contributed by atoms with van der Waals surface area (Å²) in [5.74, 6) is -0.163. The van der Waals surface area contributed by atoms with Crippen molar-refractivity contribution in [2.24, 2.45) is 5.92 Å². The predicted molar refractivity (Wildman–Crippen MR) is 48.9 cm³/mol. The standard InChI is InChI=1S/C7H10N4O2S/c12-6(13)4-14-7-8-9-10-11(7)3-5-1-2-5/h5H,1-4H2,(H,12,13). The number of thioether (sulfide) groups is 1. The van der Waals surface area contributed by atoms with Crippen LogP contribution in [0.2, 0.25) is 0 Å². The van der Waals surface area contributed by atoms with Crippen molar-refractivity contribution in [3.63, 3.8) is 0 Å². The van der Waals surface area contributed by atoms with Crippen LogP contribution >= 0.6 is 11.8 Å². The minimum Gasteiger partial charge on any atom is -0.481 e. The van der Waals surface area contributed by atoms with Crippen LogP contribution in [0.1, 0.15) is 12.8 Å². The van der Waals surface area contributed by atoms with Gasteiger partial charge in [-0.25, -0.2) is 4.68 Å². The molecular weight excluding hydrogens is 204 g/mol. The molecule has 0 aromatic carbocycles. The fraction of sp³-hybridized carbons (Fsp3) is 0.714. The van der Waals surface area contributed by atoms with Gasteiger partial charge < -0.3 is 5.11 Å². The second-order valence-electron chi connectivity index (χ2n) is 3.27. The lowest BCUT2D eigenvalue weighted by Crippen LogP contribution is -2.06. The maximum Gasteiger partial charge on any atom is 0.313 e. The Morgan fingerprint density at radius 2 is 2.43 bits per heavy atom. The number of carbonyl (C=O) groups is 1. The zero-order valence-corrected chi connectivity index (χ0v) is 8.27. The molecule has 1 saturated carbocycles. The molecular formula is C7H10N4O2S. The quantitative estimate of drug-likeness (QED) is 0.708. The van der Waals surface area contributed by atoms with Crippen LogP contribution in [-0.2, 0) is 11.3 Å². The van der Waals surface area contributed by atoms with Crippen molar-refractivity contribution in [2.45, 2.75) is 24.5 Å². The minimum atomic E-state index is -0.851. The predicted octanol–water partition coefficient (Wildman–Crippen LogP) is 0.260. The average Bonchev–Trinajstić information content (AvgIpc) is 2.81. The lowest BCUT2D eigenvalue weighted by atomic mass is 10.4. The Balaban J connectivity index is 1.93. The van der Waals surface area contributed by atoms with E-state index >= 15 is 0 Å². The van der Waals surface area contributed by atoms with Gasteiger partial charge in [-0.1, -0.05) is 11.8 Å². The van der Waals surface area contributed by atoms with Gasteiger partial charge in [-0.2, -0.15) is 0 Å². The Kier molecular flexibility index (Phi) is 2.67. The summed E-state index contributed by atoms with van der Waals surface area (Å²) in [7, 11) is 0. The molecule has 1 fully saturated rings. The van der Waals surface area contributed by atoms with Gasteiger partial charge in [0.25, 0.3) is 0 Å². The van der Waals surface area contributed by atoms with Gasteiger partial charge in [0, 0.05) is 6.54 Å². The highest BCUT2D eigenvalue weighted by atomic mass is 32.2. The van der Waals surface area contributed by atoms with Crippen molar-refractivity contribution in [1.29, 1.82) is 0 Å². The molecule has 0 aliphatic heterocycles. The molecule has 1 N–H and O–H groups in total. The molecule has 7 heteroatoms. The van der Waals surface area contributed by atoms with Crippen LogP contribution in [0.25, 0.3) is 0 Å². The van der Waals surface area contributed by atoms with E-state index in [1.54, 1.807) is 4.68 Å². The first-order valence-corrected chi connectivity index (χ1v) is 5.35. The SMILES string of the molecule is O=C(O)CSc1nnnn1CC1CC1.